The second kappa shape index (κ2) is 7.91. The lowest BCUT2D eigenvalue weighted by molar-refractivity contribution is -0.119. The number of carbonyl (C=O) groups excluding carboxylic acids is 1. The van der Waals surface area contributed by atoms with Crippen LogP contribution in [0.15, 0.2) is 4.99 Å². The maximum atomic E-state index is 12.2. The van der Waals surface area contributed by atoms with E-state index in [2.05, 4.69) is 10.3 Å². The molecule has 19 heavy (non-hydrogen) atoms. The number of aliphatic imine (C=N–C) groups is 1. The number of guanidine groups is 1. The molecule has 5 nitrogen and oxygen atoms in total. The van der Waals surface area contributed by atoms with Gasteiger partial charge in [0.25, 0.3) is 6.43 Å². The Hall–Kier alpha value is -1.40. The molecule has 0 aliphatic carbocycles. The molecule has 0 aromatic rings. The Morgan fingerprint density at radius 3 is 2.89 bits per heavy atom. The number of carbonyl (C=O) groups is 1. The van der Waals surface area contributed by atoms with Crippen LogP contribution in [0, 0.1) is 5.92 Å². The summed E-state index contributed by atoms with van der Waals surface area (Å²) in [5.41, 5.74) is 5.20. The van der Waals surface area contributed by atoms with Crippen LogP contribution in [0.1, 0.15) is 26.2 Å². The molecule has 1 rings (SSSR count). The Bertz CT molecular complexity index is 323. The van der Waals surface area contributed by atoms with Gasteiger partial charge in [-0.2, -0.15) is 0 Å². The molecule has 0 radical (unpaired) electrons. The molecule has 0 bridgehead atoms. The number of halogens is 2. The first-order chi connectivity index (χ1) is 9.02. The highest BCUT2D eigenvalue weighted by atomic mass is 19.3. The normalized spacial score (nSPS) is 20.7. The van der Waals surface area contributed by atoms with Gasteiger partial charge in [0, 0.05) is 26.1 Å². The highest BCUT2D eigenvalue weighted by Crippen LogP contribution is 2.19. The van der Waals surface area contributed by atoms with Crippen molar-refractivity contribution in [2.75, 3.05) is 26.2 Å². The van der Waals surface area contributed by atoms with Gasteiger partial charge in [-0.05, 0) is 25.7 Å². The van der Waals surface area contributed by atoms with E-state index >= 15 is 0 Å². The smallest absolute Gasteiger partial charge is 0.257 e. The number of nitrogens with two attached hydrogens (primary N) is 1. The molecule has 1 atom stereocenters. The minimum atomic E-state index is -2.44. The summed E-state index contributed by atoms with van der Waals surface area (Å²) >= 11 is 0. The molecule has 0 spiro atoms. The molecular formula is C12H22F2N4O. The summed E-state index contributed by atoms with van der Waals surface area (Å²) in [4.78, 5) is 16.8. The van der Waals surface area contributed by atoms with E-state index in [1.54, 1.807) is 0 Å². The van der Waals surface area contributed by atoms with Crippen LogP contribution in [0.3, 0.4) is 0 Å². The number of hydrogen-bond acceptors (Lipinski definition) is 2. The highest BCUT2D eigenvalue weighted by molar-refractivity contribution is 5.80. The zero-order chi connectivity index (χ0) is 14.3. The summed E-state index contributed by atoms with van der Waals surface area (Å²) in [5.74, 6) is 0.361. The average molecular weight is 276 g/mol. The molecule has 1 saturated heterocycles. The number of rotatable bonds is 5. The van der Waals surface area contributed by atoms with E-state index in [1.165, 1.54) is 0 Å². The van der Waals surface area contributed by atoms with Crippen molar-refractivity contribution in [2.45, 2.75) is 32.6 Å². The fraction of sp³-hybridized carbons (Fsp3) is 0.833. The van der Waals surface area contributed by atoms with Crippen LogP contribution in [-0.4, -0.2) is 49.4 Å². The number of nitrogens with zero attached hydrogens (tertiary/aromatic N) is 2. The second-order valence-electron chi connectivity index (χ2n) is 4.71. The molecule has 1 amide bonds. The van der Waals surface area contributed by atoms with E-state index in [-0.39, 0.29) is 11.8 Å². The first kappa shape index (κ1) is 15.7. The summed E-state index contributed by atoms with van der Waals surface area (Å²) < 4.78 is 24.5. The van der Waals surface area contributed by atoms with Crippen molar-refractivity contribution in [3.63, 3.8) is 0 Å². The lowest BCUT2D eigenvalue weighted by Crippen LogP contribution is -2.47. The third-order valence-electron chi connectivity index (χ3n) is 3.02. The van der Waals surface area contributed by atoms with E-state index in [9.17, 15) is 13.6 Å². The fourth-order valence-corrected chi connectivity index (χ4v) is 2.29. The Labute approximate surface area is 112 Å². The number of nitrogens with one attached hydrogen (secondary N) is 1. The first-order valence-corrected chi connectivity index (χ1v) is 6.62. The topological polar surface area (TPSA) is 70.7 Å². The third-order valence-corrected chi connectivity index (χ3v) is 3.02. The molecule has 0 aromatic carbocycles. The second-order valence-corrected chi connectivity index (χ2v) is 4.71. The van der Waals surface area contributed by atoms with E-state index in [0.717, 1.165) is 19.4 Å². The van der Waals surface area contributed by atoms with Crippen LogP contribution in [0.5, 0.6) is 0 Å². The van der Waals surface area contributed by atoms with Crippen LogP contribution >= 0.6 is 0 Å². The van der Waals surface area contributed by atoms with Gasteiger partial charge in [0.15, 0.2) is 5.96 Å². The Balaban J connectivity index is 2.62. The van der Waals surface area contributed by atoms with Crippen molar-refractivity contribution in [3.8, 4) is 0 Å². The number of amides is 1. The maximum Gasteiger partial charge on any atom is 0.257 e. The summed E-state index contributed by atoms with van der Waals surface area (Å²) in [6, 6.07) is 0. The molecule has 0 aromatic heterocycles. The van der Waals surface area contributed by atoms with Gasteiger partial charge < -0.3 is 16.0 Å². The number of likely N-dealkylation sites (tertiary alicyclic amines) is 1. The van der Waals surface area contributed by atoms with Gasteiger partial charge >= 0.3 is 0 Å². The van der Waals surface area contributed by atoms with E-state index in [0.29, 0.717) is 25.5 Å². The van der Waals surface area contributed by atoms with Gasteiger partial charge in [0.2, 0.25) is 5.91 Å². The minimum Gasteiger partial charge on any atom is -0.370 e. The van der Waals surface area contributed by atoms with Gasteiger partial charge in [-0.1, -0.05) is 0 Å². The SMILES string of the molecule is CCNC(=NCC(F)F)N1CCCC(CC(N)=O)C1. The van der Waals surface area contributed by atoms with Gasteiger partial charge in [-0.25, -0.2) is 13.8 Å². The van der Waals surface area contributed by atoms with Crippen molar-refractivity contribution >= 4 is 11.9 Å². The van der Waals surface area contributed by atoms with Crippen molar-refractivity contribution < 1.29 is 13.6 Å². The van der Waals surface area contributed by atoms with Crippen LogP contribution < -0.4 is 11.1 Å². The maximum absolute atomic E-state index is 12.2. The predicted octanol–water partition coefficient (Wildman–Crippen LogP) is 0.804. The van der Waals surface area contributed by atoms with E-state index in [4.69, 9.17) is 5.73 Å². The van der Waals surface area contributed by atoms with Gasteiger partial charge in [0.1, 0.15) is 6.54 Å². The Morgan fingerprint density at radius 1 is 1.58 bits per heavy atom. The number of primary amides is 1. The van der Waals surface area contributed by atoms with E-state index in [1.807, 2.05) is 11.8 Å². The van der Waals surface area contributed by atoms with Crippen LogP contribution in [0.4, 0.5) is 8.78 Å². The van der Waals surface area contributed by atoms with Crippen LogP contribution in [-0.2, 0) is 4.79 Å². The van der Waals surface area contributed by atoms with Crippen molar-refractivity contribution in [3.05, 3.63) is 0 Å². The standard InChI is InChI=1S/C12H22F2N4O/c1-2-16-12(17-7-10(13)14)18-5-3-4-9(8-18)6-11(15)19/h9-10H,2-8H2,1H3,(H2,15,19)(H,16,17). The van der Waals surface area contributed by atoms with Crippen molar-refractivity contribution in [1.82, 2.24) is 10.2 Å². The quantitative estimate of drug-likeness (QED) is 0.576. The molecule has 1 aliphatic heterocycles. The monoisotopic (exact) mass is 276 g/mol. The van der Waals surface area contributed by atoms with Gasteiger partial charge in [-0.15, -0.1) is 0 Å². The van der Waals surface area contributed by atoms with Crippen molar-refractivity contribution in [1.29, 1.82) is 0 Å². The molecule has 1 aliphatic rings. The number of hydrogen-bond donors (Lipinski definition) is 2. The van der Waals surface area contributed by atoms with Crippen molar-refractivity contribution in [2.24, 2.45) is 16.6 Å². The lowest BCUT2D eigenvalue weighted by atomic mass is 9.95. The molecule has 1 fully saturated rings. The third kappa shape index (κ3) is 5.85. The molecule has 7 heteroatoms. The molecule has 1 heterocycles. The Kier molecular flexibility index (Phi) is 6.52. The predicted molar refractivity (Wildman–Crippen MR) is 70.1 cm³/mol. The minimum absolute atomic E-state index is 0.182. The first-order valence-electron chi connectivity index (χ1n) is 6.62. The summed E-state index contributed by atoms with van der Waals surface area (Å²) in [6.07, 6.45) is -0.255. The molecule has 3 N–H and O–H groups in total. The van der Waals surface area contributed by atoms with Gasteiger partial charge in [-0.3, -0.25) is 4.79 Å². The van der Waals surface area contributed by atoms with Crippen LogP contribution in [0.2, 0.25) is 0 Å². The Morgan fingerprint density at radius 2 is 2.32 bits per heavy atom. The number of piperidine rings is 1. The van der Waals surface area contributed by atoms with Gasteiger partial charge in [0.05, 0.1) is 0 Å². The largest absolute Gasteiger partial charge is 0.370 e. The molecule has 0 saturated carbocycles. The van der Waals surface area contributed by atoms with E-state index < -0.39 is 13.0 Å². The summed E-state index contributed by atoms with van der Waals surface area (Å²) in [6.45, 7) is 3.42. The molecule has 1 unspecified atom stereocenters. The summed E-state index contributed by atoms with van der Waals surface area (Å²) in [5, 5.41) is 3.01. The average Bonchev–Trinajstić information content (AvgIpc) is 2.33. The zero-order valence-corrected chi connectivity index (χ0v) is 11.2. The molecular weight excluding hydrogens is 254 g/mol. The summed E-state index contributed by atoms with van der Waals surface area (Å²) in [7, 11) is 0. The number of alkyl halides is 2. The zero-order valence-electron chi connectivity index (χ0n) is 11.2. The van der Waals surface area contributed by atoms with Crippen LogP contribution in [0.25, 0.3) is 0 Å². The fourth-order valence-electron chi connectivity index (χ4n) is 2.29. The highest BCUT2D eigenvalue weighted by Gasteiger charge is 2.23. The molecule has 110 valence electrons. The lowest BCUT2D eigenvalue weighted by Gasteiger charge is -2.34.